The first kappa shape index (κ1) is 14.6. The average Bonchev–Trinajstić information content (AvgIpc) is 2.47. The first-order valence-corrected chi connectivity index (χ1v) is 7.32. The Morgan fingerprint density at radius 3 is 2.75 bits per heavy atom. The van der Waals surface area contributed by atoms with Crippen molar-refractivity contribution in [1.82, 2.24) is 10.2 Å². The predicted molar refractivity (Wildman–Crippen MR) is 78.1 cm³/mol. The van der Waals surface area contributed by atoms with E-state index in [2.05, 4.69) is 24.4 Å². The molecule has 20 heavy (non-hydrogen) atoms. The van der Waals surface area contributed by atoms with Crippen molar-refractivity contribution >= 4 is 11.8 Å². The Morgan fingerprint density at radius 1 is 1.25 bits per heavy atom. The molecule has 1 aliphatic heterocycles. The summed E-state index contributed by atoms with van der Waals surface area (Å²) in [5.74, 6) is -0.240. The maximum Gasteiger partial charge on any atom is 0.232 e. The maximum atomic E-state index is 12.1. The highest BCUT2D eigenvalue weighted by Gasteiger charge is 2.21. The Morgan fingerprint density at radius 2 is 2.00 bits per heavy atom. The van der Waals surface area contributed by atoms with Crippen LogP contribution < -0.4 is 5.32 Å². The molecule has 108 valence electrons. The lowest BCUT2D eigenvalue weighted by Crippen LogP contribution is -2.39. The van der Waals surface area contributed by atoms with Crippen molar-refractivity contribution < 1.29 is 9.59 Å². The molecule has 1 heterocycles. The summed E-state index contributed by atoms with van der Waals surface area (Å²) in [6.07, 6.45) is 2.83. The highest BCUT2D eigenvalue weighted by molar-refractivity contribution is 5.96. The van der Waals surface area contributed by atoms with E-state index in [4.69, 9.17) is 0 Å². The van der Waals surface area contributed by atoms with Crippen LogP contribution in [0, 0.1) is 0 Å². The molecule has 0 fully saturated rings. The summed E-state index contributed by atoms with van der Waals surface area (Å²) >= 11 is 0. The molecule has 0 unspecified atom stereocenters. The fourth-order valence-electron chi connectivity index (χ4n) is 2.42. The normalized spacial score (nSPS) is 13.8. The fraction of sp³-hybridized carbons (Fsp3) is 0.500. The Kier molecular flexibility index (Phi) is 5.16. The highest BCUT2D eigenvalue weighted by atomic mass is 16.2. The molecule has 0 bridgehead atoms. The number of unbranched alkanes of at least 4 members (excludes halogenated alkanes) is 1. The van der Waals surface area contributed by atoms with Crippen molar-refractivity contribution in [2.45, 2.75) is 39.2 Å². The Hall–Kier alpha value is -1.84. The first-order chi connectivity index (χ1) is 9.70. The van der Waals surface area contributed by atoms with E-state index in [9.17, 15) is 9.59 Å². The van der Waals surface area contributed by atoms with Crippen LogP contribution in [0.1, 0.15) is 37.3 Å². The third kappa shape index (κ3) is 3.83. The van der Waals surface area contributed by atoms with E-state index in [-0.39, 0.29) is 18.2 Å². The van der Waals surface area contributed by atoms with E-state index in [1.807, 2.05) is 12.1 Å². The smallest absolute Gasteiger partial charge is 0.232 e. The van der Waals surface area contributed by atoms with Gasteiger partial charge in [0, 0.05) is 19.6 Å². The molecule has 0 atom stereocenters. The monoisotopic (exact) mass is 274 g/mol. The van der Waals surface area contributed by atoms with Gasteiger partial charge in [-0.05, 0) is 24.0 Å². The van der Waals surface area contributed by atoms with E-state index in [1.165, 1.54) is 11.1 Å². The lowest BCUT2D eigenvalue weighted by Gasteiger charge is -2.28. The van der Waals surface area contributed by atoms with Crippen molar-refractivity contribution in [3.05, 3.63) is 35.4 Å². The summed E-state index contributed by atoms with van der Waals surface area (Å²) in [6, 6.07) is 8.17. The highest BCUT2D eigenvalue weighted by Crippen LogP contribution is 2.18. The molecule has 2 rings (SSSR count). The molecule has 4 nitrogen and oxygen atoms in total. The minimum Gasteiger partial charge on any atom is -0.356 e. The molecule has 0 saturated carbocycles. The molecule has 4 heteroatoms. The number of nitrogens with one attached hydrogen (secondary N) is 1. The van der Waals surface area contributed by atoms with Crippen molar-refractivity contribution in [1.29, 1.82) is 0 Å². The number of fused-ring (bicyclic) bond motifs is 1. The zero-order valence-corrected chi connectivity index (χ0v) is 12.0. The van der Waals surface area contributed by atoms with Crippen LogP contribution in [0.2, 0.25) is 0 Å². The molecular weight excluding hydrogens is 252 g/mol. The van der Waals surface area contributed by atoms with Gasteiger partial charge in [0.25, 0.3) is 0 Å². The average molecular weight is 274 g/mol. The van der Waals surface area contributed by atoms with Crippen molar-refractivity contribution in [2.75, 3.05) is 13.1 Å². The van der Waals surface area contributed by atoms with Gasteiger partial charge in [-0.15, -0.1) is 0 Å². The molecule has 0 spiro atoms. The molecule has 2 amide bonds. The van der Waals surface area contributed by atoms with Gasteiger partial charge in [-0.25, -0.2) is 0 Å². The van der Waals surface area contributed by atoms with Crippen LogP contribution in [0.5, 0.6) is 0 Å². The van der Waals surface area contributed by atoms with Gasteiger partial charge in [0.15, 0.2) is 0 Å². The minimum absolute atomic E-state index is 0.0358. The Bertz CT molecular complexity index is 485. The van der Waals surface area contributed by atoms with E-state index in [1.54, 1.807) is 4.90 Å². The standard InChI is InChI=1S/C16H22N2O2/c1-2-3-9-17-15(19)11-16(20)18-10-8-13-6-4-5-7-14(13)12-18/h4-7H,2-3,8-12H2,1H3,(H,17,19). The maximum absolute atomic E-state index is 12.1. The van der Waals surface area contributed by atoms with Crippen molar-refractivity contribution in [3.63, 3.8) is 0 Å². The molecule has 1 aromatic rings. The summed E-state index contributed by atoms with van der Waals surface area (Å²) in [5.41, 5.74) is 2.50. The van der Waals surface area contributed by atoms with Crippen LogP contribution in [-0.4, -0.2) is 29.8 Å². The van der Waals surface area contributed by atoms with Gasteiger partial charge >= 0.3 is 0 Å². The zero-order chi connectivity index (χ0) is 14.4. The van der Waals surface area contributed by atoms with Gasteiger partial charge in [0.1, 0.15) is 6.42 Å². The van der Waals surface area contributed by atoms with E-state index in [0.717, 1.165) is 19.3 Å². The van der Waals surface area contributed by atoms with Crippen LogP contribution in [0.4, 0.5) is 0 Å². The number of rotatable bonds is 5. The molecule has 0 aromatic heterocycles. The second kappa shape index (κ2) is 7.08. The fourth-order valence-corrected chi connectivity index (χ4v) is 2.42. The van der Waals surface area contributed by atoms with Gasteiger partial charge in [0.2, 0.25) is 11.8 Å². The zero-order valence-electron chi connectivity index (χ0n) is 12.0. The number of amides is 2. The van der Waals surface area contributed by atoms with Gasteiger partial charge < -0.3 is 10.2 Å². The molecule has 0 aliphatic carbocycles. The van der Waals surface area contributed by atoms with Crippen molar-refractivity contribution in [2.24, 2.45) is 0 Å². The van der Waals surface area contributed by atoms with E-state index in [0.29, 0.717) is 19.6 Å². The number of benzene rings is 1. The Labute approximate surface area is 120 Å². The number of carbonyl (C=O) groups is 2. The first-order valence-electron chi connectivity index (χ1n) is 7.32. The summed E-state index contributed by atoms with van der Waals surface area (Å²) in [5, 5.41) is 2.79. The third-order valence-corrected chi connectivity index (χ3v) is 3.65. The molecule has 1 aromatic carbocycles. The van der Waals surface area contributed by atoms with Crippen LogP contribution in [-0.2, 0) is 22.6 Å². The summed E-state index contributed by atoms with van der Waals surface area (Å²) in [7, 11) is 0. The van der Waals surface area contributed by atoms with E-state index < -0.39 is 0 Å². The quantitative estimate of drug-likeness (QED) is 0.658. The summed E-state index contributed by atoms with van der Waals surface area (Å²) in [6.45, 7) is 4.06. The van der Waals surface area contributed by atoms with Gasteiger partial charge in [0.05, 0.1) is 0 Å². The Balaban J connectivity index is 1.84. The van der Waals surface area contributed by atoms with Gasteiger partial charge in [-0.3, -0.25) is 9.59 Å². The lowest BCUT2D eigenvalue weighted by atomic mass is 10.00. The van der Waals surface area contributed by atoms with Crippen LogP contribution in [0.3, 0.4) is 0 Å². The number of carbonyl (C=O) groups excluding carboxylic acids is 2. The largest absolute Gasteiger partial charge is 0.356 e. The van der Waals surface area contributed by atoms with Crippen LogP contribution in [0.25, 0.3) is 0 Å². The third-order valence-electron chi connectivity index (χ3n) is 3.65. The SMILES string of the molecule is CCCCNC(=O)CC(=O)N1CCc2ccccc2C1. The lowest BCUT2D eigenvalue weighted by molar-refractivity contribution is -0.136. The van der Waals surface area contributed by atoms with Gasteiger partial charge in [-0.2, -0.15) is 0 Å². The molecular formula is C16H22N2O2. The second-order valence-corrected chi connectivity index (χ2v) is 5.21. The molecule has 1 aliphatic rings. The summed E-state index contributed by atoms with van der Waals surface area (Å²) < 4.78 is 0. The van der Waals surface area contributed by atoms with Crippen molar-refractivity contribution in [3.8, 4) is 0 Å². The second-order valence-electron chi connectivity index (χ2n) is 5.21. The number of nitrogens with zero attached hydrogens (tertiary/aromatic N) is 1. The van der Waals surface area contributed by atoms with Crippen LogP contribution in [0.15, 0.2) is 24.3 Å². The topological polar surface area (TPSA) is 49.4 Å². The number of hydrogen-bond acceptors (Lipinski definition) is 2. The molecule has 0 saturated heterocycles. The van der Waals surface area contributed by atoms with Crippen LogP contribution >= 0.6 is 0 Å². The summed E-state index contributed by atoms with van der Waals surface area (Å²) in [4.78, 5) is 25.6. The number of hydrogen-bond donors (Lipinski definition) is 1. The molecule has 1 N–H and O–H groups in total. The molecule has 0 radical (unpaired) electrons. The van der Waals surface area contributed by atoms with E-state index >= 15 is 0 Å². The predicted octanol–water partition coefficient (Wildman–Crippen LogP) is 1.88. The van der Waals surface area contributed by atoms with Gasteiger partial charge in [-0.1, -0.05) is 37.6 Å². The minimum atomic E-state index is -0.165.